The zero-order valence-corrected chi connectivity index (χ0v) is 25.5. The molecule has 2 saturated carbocycles. The maximum absolute atomic E-state index is 12.9. The van der Waals surface area contributed by atoms with Crippen LogP contribution in [0.15, 0.2) is 18.2 Å². The molecule has 8 nitrogen and oxygen atoms in total. The summed E-state index contributed by atoms with van der Waals surface area (Å²) in [5.74, 6) is 0.343. The monoisotopic (exact) mass is 569 g/mol. The van der Waals surface area contributed by atoms with Crippen molar-refractivity contribution in [2.45, 2.75) is 138 Å². The van der Waals surface area contributed by atoms with Gasteiger partial charge in [0.25, 0.3) is 0 Å². The summed E-state index contributed by atoms with van der Waals surface area (Å²) in [5.41, 5.74) is -0.322. The molecule has 5 N–H and O–H groups in total. The topological polar surface area (TPSA) is 128 Å². The third kappa shape index (κ3) is 3.25. The third-order valence-electron chi connectivity index (χ3n) is 12.8. The third-order valence-corrected chi connectivity index (χ3v) is 12.8. The lowest BCUT2D eigenvalue weighted by atomic mass is 9.40. The van der Waals surface area contributed by atoms with Crippen molar-refractivity contribution in [3.05, 3.63) is 35.0 Å². The molecule has 8 heteroatoms. The molecule has 2 aliphatic heterocycles. The lowest BCUT2D eigenvalue weighted by molar-refractivity contribution is -0.280. The number of aromatic nitrogens is 1. The van der Waals surface area contributed by atoms with Gasteiger partial charge in [-0.05, 0) is 82.9 Å². The predicted octanol–water partition coefficient (Wildman–Crippen LogP) is 3.29. The standard InChI is InChI=1S/C33H47NO7/c1-28(2,37)26-24(36)27-33(41-27)22(40-26)12-13-30(5)31(6)18(11-14-32(30,33)38)16-19-23-17(15-21(35)29(3,4)39-7)9-8-10-20(23)34-25(19)31/h8-10,18,21-22,24,26-27,34-38H,11-16H2,1-7H3. The minimum atomic E-state index is -1.22. The molecule has 4 fully saturated rings. The number of aliphatic hydroxyl groups is 4. The molecule has 1 aromatic carbocycles. The van der Waals surface area contributed by atoms with E-state index in [2.05, 4.69) is 31.0 Å². The summed E-state index contributed by atoms with van der Waals surface area (Å²) in [7, 11) is 1.63. The maximum Gasteiger partial charge on any atom is 0.152 e. The van der Waals surface area contributed by atoms with Gasteiger partial charge in [-0.2, -0.15) is 0 Å². The van der Waals surface area contributed by atoms with E-state index in [1.165, 1.54) is 16.6 Å². The molecule has 3 heterocycles. The molecule has 1 spiro atoms. The number of H-pyrrole nitrogens is 1. The molecule has 41 heavy (non-hydrogen) atoms. The summed E-state index contributed by atoms with van der Waals surface area (Å²) in [6.07, 6.45) is 0.870. The lowest BCUT2D eigenvalue weighted by Gasteiger charge is -2.66. The lowest BCUT2D eigenvalue weighted by Crippen LogP contribution is -2.76. The molecule has 7 rings (SSSR count). The van der Waals surface area contributed by atoms with E-state index in [4.69, 9.17) is 14.2 Å². The Morgan fingerprint density at radius 2 is 1.88 bits per heavy atom. The van der Waals surface area contributed by atoms with Gasteiger partial charge in [0.05, 0.1) is 23.4 Å². The number of epoxide rings is 1. The molecule has 10 atom stereocenters. The van der Waals surface area contributed by atoms with Crippen LogP contribution in [0.4, 0.5) is 0 Å². The molecule has 1 aromatic heterocycles. The highest BCUT2D eigenvalue weighted by molar-refractivity contribution is 5.89. The molecular formula is C33H47NO7. The van der Waals surface area contributed by atoms with E-state index < -0.39 is 52.2 Å². The van der Waals surface area contributed by atoms with Gasteiger partial charge in [0.1, 0.15) is 23.9 Å². The van der Waals surface area contributed by atoms with Crippen LogP contribution in [0.25, 0.3) is 10.9 Å². The van der Waals surface area contributed by atoms with E-state index in [-0.39, 0.29) is 11.5 Å². The molecule has 2 aromatic rings. The zero-order chi connectivity index (χ0) is 29.5. The molecule has 0 radical (unpaired) electrons. The fourth-order valence-electron chi connectivity index (χ4n) is 9.92. The average molecular weight is 570 g/mol. The minimum Gasteiger partial charge on any atom is -0.390 e. The highest BCUT2D eigenvalue weighted by Crippen LogP contribution is 2.75. The second-order valence-electron chi connectivity index (χ2n) is 15.2. The number of ether oxygens (including phenoxy) is 3. The van der Waals surface area contributed by atoms with Crippen LogP contribution >= 0.6 is 0 Å². The number of nitrogens with one attached hydrogen (secondary N) is 1. The summed E-state index contributed by atoms with van der Waals surface area (Å²) in [4.78, 5) is 3.81. The second kappa shape index (κ2) is 8.35. The van der Waals surface area contributed by atoms with Crippen LogP contribution in [0.1, 0.15) is 84.0 Å². The molecule has 3 aliphatic carbocycles. The first-order valence-electron chi connectivity index (χ1n) is 15.4. The van der Waals surface area contributed by atoms with Gasteiger partial charge in [-0.25, -0.2) is 0 Å². The van der Waals surface area contributed by atoms with Crippen molar-refractivity contribution in [2.75, 3.05) is 7.11 Å². The number of aromatic amines is 1. The van der Waals surface area contributed by atoms with Crippen molar-refractivity contribution in [1.82, 2.24) is 4.98 Å². The summed E-state index contributed by atoms with van der Waals surface area (Å²) in [5, 5.41) is 47.2. The fraction of sp³-hybridized carbons (Fsp3) is 0.758. The van der Waals surface area contributed by atoms with Crippen molar-refractivity contribution < 1.29 is 34.6 Å². The van der Waals surface area contributed by atoms with E-state index in [1.54, 1.807) is 21.0 Å². The quantitative estimate of drug-likeness (QED) is 0.350. The van der Waals surface area contributed by atoms with Crippen molar-refractivity contribution in [2.24, 2.45) is 11.3 Å². The van der Waals surface area contributed by atoms with E-state index in [9.17, 15) is 20.4 Å². The number of methoxy groups -OCH3 is 1. The van der Waals surface area contributed by atoms with Crippen molar-refractivity contribution in [3.63, 3.8) is 0 Å². The highest BCUT2D eigenvalue weighted by Gasteiger charge is 2.86. The van der Waals surface area contributed by atoms with Crippen LogP contribution in [0.2, 0.25) is 0 Å². The van der Waals surface area contributed by atoms with Crippen molar-refractivity contribution in [1.29, 1.82) is 0 Å². The molecule has 10 unspecified atom stereocenters. The number of rotatable bonds is 5. The minimum absolute atomic E-state index is 0.343. The van der Waals surface area contributed by atoms with E-state index in [0.29, 0.717) is 25.2 Å². The summed E-state index contributed by atoms with van der Waals surface area (Å²) in [6.45, 7) is 11.7. The Morgan fingerprint density at radius 1 is 1.15 bits per heavy atom. The van der Waals surface area contributed by atoms with E-state index in [1.807, 2.05) is 19.9 Å². The average Bonchev–Trinajstić information content (AvgIpc) is 3.48. The second-order valence-corrected chi connectivity index (χ2v) is 15.2. The summed E-state index contributed by atoms with van der Waals surface area (Å²) < 4.78 is 18.4. The molecule has 0 bridgehead atoms. The van der Waals surface area contributed by atoms with Gasteiger partial charge in [-0.15, -0.1) is 0 Å². The molecule has 226 valence electrons. The van der Waals surface area contributed by atoms with Gasteiger partial charge in [0, 0.05) is 41.0 Å². The van der Waals surface area contributed by atoms with Gasteiger partial charge in [-0.1, -0.05) is 26.0 Å². The summed E-state index contributed by atoms with van der Waals surface area (Å²) >= 11 is 0. The predicted molar refractivity (Wildman–Crippen MR) is 154 cm³/mol. The fourth-order valence-corrected chi connectivity index (χ4v) is 9.92. The van der Waals surface area contributed by atoms with Gasteiger partial charge in [0.15, 0.2) is 5.60 Å². The smallest absolute Gasteiger partial charge is 0.152 e. The number of benzene rings is 1. The largest absolute Gasteiger partial charge is 0.390 e. The Morgan fingerprint density at radius 3 is 2.56 bits per heavy atom. The van der Waals surface area contributed by atoms with Crippen LogP contribution in [-0.2, 0) is 32.5 Å². The first-order chi connectivity index (χ1) is 19.1. The maximum atomic E-state index is 12.9. The van der Waals surface area contributed by atoms with Crippen LogP contribution in [0, 0.1) is 11.3 Å². The van der Waals surface area contributed by atoms with Crippen LogP contribution < -0.4 is 0 Å². The number of hydrogen-bond donors (Lipinski definition) is 5. The number of fused-ring (bicyclic) bond motifs is 7. The molecule has 2 saturated heterocycles. The SMILES string of the molecule is COC(C)(C)C(O)Cc1cccc2[nH]c3c(c12)CC1CCC2(O)C45OC4C(O)C(C(C)(C)O)OC5CCC2(C)C31C. The Balaban J connectivity index is 1.31. The molecular weight excluding hydrogens is 522 g/mol. The highest BCUT2D eigenvalue weighted by atomic mass is 16.7. The van der Waals surface area contributed by atoms with Crippen LogP contribution in [0.3, 0.4) is 0 Å². The van der Waals surface area contributed by atoms with E-state index in [0.717, 1.165) is 30.3 Å². The van der Waals surface area contributed by atoms with Gasteiger partial charge < -0.3 is 39.6 Å². The van der Waals surface area contributed by atoms with Crippen molar-refractivity contribution >= 4 is 10.9 Å². The van der Waals surface area contributed by atoms with Gasteiger partial charge >= 0.3 is 0 Å². The Bertz CT molecular complexity index is 1400. The molecule has 5 aliphatic rings. The Hall–Kier alpha value is -1.52. The Kier molecular flexibility index (Phi) is 5.75. The molecule has 0 amide bonds. The van der Waals surface area contributed by atoms with Crippen molar-refractivity contribution in [3.8, 4) is 0 Å². The van der Waals surface area contributed by atoms with Crippen LogP contribution in [-0.4, -0.2) is 85.4 Å². The number of aliphatic hydroxyl groups excluding tert-OH is 2. The first-order valence-corrected chi connectivity index (χ1v) is 15.4. The van der Waals surface area contributed by atoms with Crippen LogP contribution in [0.5, 0.6) is 0 Å². The normalized spacial score (nSPS) is 44.0. The van der Waals surface area contributed by atoms with Gasteiger partial charge in [-0.3, -0.25) is 0 Å². The van der Waals surface area contributed by atoms with Gasteiger partial charge in [0.2, 0.25) is 0 Å². The number of hydrogen-bond acceptors (Lipinski definition) is 7. The first kappa shape index (κ1) is 28.3. The summed E-state index contributed by atoms with van der Waals surface area (Å²) in [6, 6.07) is 6.26. The Labute approximate surface area is 242 Å². The van der Waals surface area contributed by atoms with E-state index >= 15 is 0 Å². The zero-order valence-electron chi connectivity index (χ0n) is 25.5.